The summed E-state index contributed by atoms with van der Waals surface area (Å²) >= 11 is 5.89. The second-order valence-electron chi connectivity index (χ2n) is 4.70. The SMILES string of the molecule is COc1ccc([C@@H](C(N)=O)c2ncc(C(F)(F)F)cc2Cl)cc1. The van der Waals surface area contributed by atoms with Crippen LogP contribution in [0.15, 0.2) is 36.5 Å². The third-order valence-corrected chi connectivity index (χ3v) is 3.51. The van der Waals surface area contributed by atoms with Crippen LogP contribution in [-0.4, -0.2) is 18.0 Å². The van der Waals surface area contributed by atoms with Crippen molar-refractivity contribution in [3.8, 4) is 5.75 Å². The van der Waals surface area contributed by atoms with Gasteiger partial charge in [0.2, 0.25) is 5.91 Å². The van der Waals surface area contributed by atoms with Crippen LogP contribution in [0.4, 0.5) is 13.2 Å². The molecule has 0 spiro atoms. The number of benzene rings is 1. The van der Waals surface area contributed by atoms with E-state index in [9.17, 15) is 18.0 Å². The largest absolute Gasteiger partial charge is 0.497 e. The highest BCUT2D eigenvalue weighted by molar-refractivity contribution is 6.31. The van der Waals surface area contributed by atoms with E-state index in [1.54, 1.807) is 24.3 Å². The fourth-order valence-corrected chi connectivity index (χ4v) is 2.34. The van der Waals surface area contributed by atoms with Gasteiger partial charge in [0.25, 0.3) is 0 Å². The minimum Gasteiger partial charge on any atom is -0.497 e. The van der Waals surface area contributed by atoms with E-state index in [0.29, 0.717) is 17.5 Å². The highest BCUT2D eigenvalue weighted by Crippen LogP contribution is 2.34. The van der Waals surface area contributed by atoms with Gasteiger partial charge in [0.15, 0.2) is 0 Å². The zero-order valence-corrected chi connectivity index (χ0v) is 12.7. The fourth-order valence-electron chi connectivity index (χ4n) is 2.07. The lowest BCUT2D eigenvalue weighted by molar-refractivity contribution is -0.137. The first-order chi connectivity index (χ1) is 10.7. The van der Waals surface area contributed by atoms with Gasteiger partial charge in [-0.3, -0.25) is 9.78 Å². The predicted octanol–water partition coefficient (Wildman–Crippen LogP) is 3.38. The van der Waals surface area contributed by atoms with Crippen LogP contribution in [-0.2, 0) is 11.0 Å². The number of ether oxygens (including phenoxy) is 1. The predicted molar refractivity (Wildman–Crippen MR) is 78.3 cm³/mol. The van der Waals surface area contributed by atoms with Crippen molar-refractivity contribution in [2.45, 2.75) is 12.1 Å². The van der Waals surface area contributed by atoms with Crippen LogP contribution >= 0.6 is 11.6 Å². The van der Waals surface area contributed by atoms with Crippen molar-refractivity contribution in [3.05, 3.63) is 58.4 Å². The van der Waals surface area contributed by atoms with E-state index >= 15 is 0 Å². The number of pyridine rings is 1. The molecule has 1 aromatic carbocycles. The molecule has 2 N–H and O–H groups in total. The second-order valence-corrected chi connectivity index (χ2v) is 5.10. The van der Waals surface area contributed by atoms with Crippen molar-refractivity contribution < 1.29 is 22.7 Å². The summed E-state index contributed by atoms with van der Waals surface area (Å²) in [5, 5.41) is -0.278. The Balaban J connectivity index is 2.47. The van der Waals surface area contributed by atoms with Crippen LogP contribution in [0, 0.1) is 0 Å². The first kappa shape index (κ1) is 17.1. The number of hydrogen-bond donors (Lipinski definition) is 1. The van der Waals surface area contributed by atoms with Gasteiger partial charge >= 0.3 is 6.18 Å². The van der Waals surface area contributed by atoms with Gasteiger partial charge in [0.05, 0.1) is 23.4 Å². The zero-order valence-electron chi connectivity index (χ0n) is 11.9. The average molecular weight is 345 g/mol. The van der Waals surface area contributed by atoms with Gasteiger partial charge in [-0.05, 0) is 23.8 Å². The number of nitrogens with two attached hydrogens (primary N) is 1. The van der Waals surface area contributed by atoms with E-state index in [2.05, 4.69) is 4.98 Å². The highest BCUT2D eigenvalue weighted by atomic mass is 35.5. The molecule has 0 aliphatic heterocycles. The standard InChI is InChI=1S/C15H12ClF3N2O2/c1-23-10-4-2-8(3-5-10)12(14(20)22)13-11(16)6-9(7-21-13)15(17,18)19/h2-7,12H,1H3,(H2,20,22)/t12-/m1/s1. The van der Waals surface area contributed by atoms with Crippen molar-refractivity contribution in [1.29, 1.82) is 0 Å². The lowest BCUT2D eigenvalue weighted by Gasteiger charge is -2.16. The Kier molecular flexibility index (Phi) is 4.79. The van der Waals surface area contributed by atoms with Crippen molar-refractivity contribution in [1.82, 2.24) is 4.98 Å². The molecule has 4 nitrogen and oxygen atoms in total. The number of carbonyl (C=O) groups is 1. The molecule has 0 bridgehead atoms. The molecule has 1 heterocycles. The molecule has 0 fully saturated rings. The van der Waals surface area contributed by atoms with Gasteiger partial charge < -0.3 is 10.5 Å². The molecule has 0 saturated heterocycles. The van der Waals surface area contributed by atoms with Crippen LogP contribution in [0.3, 0.4) is 0 Å². The normalized spacial score (nSPS) is 12.7. The molecule has 1 atom stereocenters. The Hall–Kier alpha value is -2.28. The van der Waals surface area contributed by atoms with E-state index in [0.717, 1.165) is 6.07 Å². The topological polar surface area (TPSA) is 65.2 Å². The Labute approximate surface area is 135 Å². The molecular formula is C15H12ClF3N2O2. The number of rotatable bonds is 4. The van der Waals surface area contributed by atoms with Gasteiger partial charge in [-0.1, -0.05) is 23.7 Å². The van der Waals surface area contributed by atoms with Crippen molar-refractivity contribution in [3.63, 3.8) is 0 Å². The number of amides is 1. The Morgan fingerprint density at radius 1 is 1.30 bits per heavy atom. The fraction of sp³-hybridized carbons (Fsp3) is 0.200. The van der Waals surface area contributed by atoms with E-state index in [4.69, 9.17) is 22.1 Å². The zero-order chi connectivity index (χ0) is 17.2. The Morgan fingerprint density at radius 3 is 2.35 bits per heavy atom. The molecule has 2 aromatic rings. The average Bonchev–Trinajstić information content (AvgIpc) is 2.48. The Morgan fingerprint density at radius 2 is 1.91 bits per heavy atom. The maximum Gasteiger partial charge on any atom is 0.417 e. The molecule has 1 aromatic heterocycles. The molecule has 0 radical (unpaired) electrons. The lowest BCUT2D eigenvalue weighted by atomic mass is 9.94. The van der Waals surface area contributed by atoms with E-state index in [1.807, 2.05) is 0 Å². The Bertz CT molecular complexity index is 718. The molecule has 0 saturated carbocycles. The van der Waals surface area contributed by atoms with Crippen LogP contribution in [0.25, 0.3) is 0 Å². The molecule has 122 valence electrons. The maximum atomic E-state index is 12.7. The minimum absolute atomic E-state index is 0.0302. The van der Waals surface area contributed by atoms with Crippen molar-refractivity contribution in [2.75, 3.05) is 7.11 Å². The van der Waals surface area contributed by atoms with Gasteiger partial charge in [-0.2, -0.15) is 13.2 Å². The van der Waals surface area contributed by atoms with Crippen LogP contribution in [0.5, 0.6) is 5.75 Å². The van der Waals surface area contributed by atoms with Crippen LogP contribution < -0.4 is 10.5 Å². The first-order valence-corrected chi connectivity index (χ1v) is 6.77. The third-order valence-electron chi connectivity index (χ3n) is 3.20. The highest BCUT2D eigenvalue weighted by Gasteiger charge is 2.33. The number of hydrogen-bond acceptors (Lipinski definition) is 3. The summed E-state index contributed by atoms with van der Waals surface area (Å²) in [6.45, 7) is 0. The monoisotopic (exact) mass is 344 g/mol. The molecule has 0 aliphatic rings. The number of carbonyl (C=O) groups excluding carboxylic acids is 1. The summed E-state index contributed by atoms with van der Waals surface area (Å²) < 4.78 is 43.0. The van der Waals surface area contributed by atoms with Gasteiger partial charge in [0, 0.05) is 6.20 Å². The van der Waals surface area contributed by atoms with Crippen molar-refractivity contribution >= 4 is 17.5 Å². The number of aromatic nitrogens is 1. The lowest BCUT2D eigenvalue weighted by Crippen LogP contribution is -2.24. The molecule has 0 unspecified atom stereocenters. The summed E-state index contributed by atoms with van der Waals surface area (Å²) in [5.74, 6) is -1.27. The quantitative estimate of drug-likeness (QED) is 0.924. The summed E-state index contributed by atoms with van der Waals surface area (Å²) in [6, 6.07) is 7.07. The summed E-state index contributed by atoms with van der Waals surface area (Å²) in [6.07, 6.45) is -3.95. The van der Waals surface area contributed by atoms with Crippen LogP contribution in [0.2, 0.25) is 5.02 Å². The molecule has 0 aliphatic carbocycles. The van der Waals surface area contributed by atoms with Gasteiger partial charge in [-0.15, -0.1) is 0 Å². The maximum absolute atomic E-state index is 12.7. The number of halogens is 4. The summed E-state index contributed by atoms with van der Waals surface area (Å²) in [7, 11) is 1.48. The molecule has 23 heavy (non-hydrogen) atoms. The number of alkyl halides is 3. The van der Waals surface area contributed by atoms with E-state index in [-0.39, 0.29) is 10.7 Å². The number of methoxy groups -OCH3 is 1. The molecule has 1 amide bonds. The molecular weight excluding hydrogens is 333 g/mol. The van der Waals surface area contributed by atoms with Crippen LogP contribution in [0.1, 0.15) is 22.7 Å². The second kappa shape index (κ2) is 6.45. The van der Waals surface area contributed by atoms with E-state index < -0.39 is 23.6 Å². The van der Waals surface area contributed by atoms with Gasteiger partial charge in [-0.25, -0.2) is 0 Å². The summed E-state index contributed by atoms with van der Waals surface area (Å²) in [4.78, 5) is 15.5. The van der Waals surface area contributed by atoms with Crippen molar-refractivity contribution in [2.24, 2.45) is 5.73 Å². The number of nitrogens with zero attached hydrogens (tertiary/aromatic N) is 1. The molecule has 2 rings (SSSR count). The molecule has 8 heteroatoms. The number of primary amides is 1. The smallest absolute Gasteiger partial charge is 0.417 e. The minimum atomic E-state index is -4.57. The van der Waals surface area contributed by atoms with Gasteiger partial charge in [0.1, 0.15) is 11.7 Å². The summed E-state index contributed by atoms with van der Waals surface area (Å²) in [5.41, 5.74) is 4.80. The third kappa shape index (κ3) is 3.73. The first-order valence-electron chi connectivity index (χ1n) is 6.40. The van der Waals surface area contributed by atoms with E-state index in [1.165, 1.54) is 7.11 Å².